The van der Waals surface area contributed by atoms with Crippen LogP contribution in [0, 0.1) is 5.41 Å². The van der Waals surface area contributed by atoms with Crippen molar-refractivity contribution in [3.8, 4) is 0 Å². The summed E-state index contributed by atoms with van der Waals surface area (Å²) in [6.07, 6.45) is 2.60. The highest BCUT2D eigenvalue weighted by molar-refractivity contribution is 6.20. The molecule has 3 aliphatic heterocycles. The normalized spacial score (nSPS) is 21.9. The smallest absolute Gasteiger partial charge is 0.330 e. The number of nitrogens with one attached hydrogen (secondary N) is 1. The number of carbonyl (C=O) groups excluding carboxylic acids is 3. The van der Waals surface area contributed by atoms with Crippen LogP contribution >= 0.6 is 0 Å². The van der Waals surface area contributed by atoms with E-state index < -0.39 is 29.3 Å². The highest BCUT2D eigenvalue weighted by atomic mass is 16.2. The second-order valence-electron chi connectivity index (χ2n) is 10.3. The first-order valence-corrected chi connectivity index (χ1v) is 13.0. The number of fused-ring (bicyclic) bond motifs is 7. The number of hydrogen-bond donors (Lipinski definition) is 1. The zero-order chi connectivity index (χ0) is 26.7. The minimum atomic E-state index is -1.71. The molecule has 0 saturated carbocycles. The average Bonchev–Trinajstić information content (AvgIpc) is 2.96. The fraction of sp³-hybridized carbons (Fsp3) is 0.233. The van der Waals surface area contributed by atoms with Gasteiger partial charge in [-0.3, -0.25) is 29.0 Å². The van der Waals surface area contributed by atoms with Crippen molar-refractivity contribution in [2.24, 2.45) is 5.41 Å². The Balaban J connectivity index is 1.42. The Morgan fingerprint density at radius 1 is 0.923 bits per heavy atom. The van der Waals surface area contributed by atoms with E-state index in [0.29, 0.717) is 36.4 Å². The van der Waals surface area contributed by atoms with Gasteiger partial charge < -0.3 is 4.90 Å². The van der Waals surface area contributed by atoms with E-state index in [9.17, 15) is 19.2 Å². The van der Waals surface area contributed by atoms with E-state index in [1.807, 2.05) is 65.6 Å². The van der Waals surface area contributed by atoms with Crippen molar-refractivity contribution < 1.29 is 14.4 Å². The molecule has 1 N–H and O–H groups in total. The number of rotatable bonds is 3. The summed E-state index contributed by atoms with van der Waals surface area (Å²) < 4.78 is 1.44. The quantitative estimate of drug-likeness (QED) is 0.418. The fourth-order valence-corrected chi connectivity index (χ4v) is 6.40. The fourth-order valence-electron chi connectivity index (χ4n) is 6.40. The number of pyridine rings is 1. The number of imide groups is 2. The monoisotopic (exact) mass is 519 g/mol. The van der Waals surface area contributed by atoms with E-state index in [-0.39, 0.29) is 18.5 Å². The predicted molar refractivity (Wildman–Crippen MR) is 143 cm³/mol. The molecule has 4 amide bonds. The van der Waals surface area contributed by atoms with Crippen LogP contribution in [0.25, 0.3) is 5.65 Å². The lowest BCUT2D eigenvalue weighted by molar-refractivity contribution is -0.154. The average molecular weight is 520 g/mol. The predicted octanol–water partition coefficient (Wildman–Crippen LogP) is 2.66. The van der Waals surface area contributed by atoms with Crippen molar-refractivity contribution in [3.05, 3.63) is 112 Å². The van der Waals surface area contributed by atoms with Gasteiger partial charge in [-0.15, -0.1) is 0 Å². The van der Waals surface area contributed by atoms with Gasteiger partial charge in [0.2, 0.25) is 11.8 Å². The Labute approximate surface area is 223 Å². The van der Waals surface area contributed by atoms with E-state index in [1.54, 1.807) is 18.3 Å². The molecule has 3 aliphatic rings. The number of carbonyl (C=O) groups is 3. The van der Waals surface area contributed by atoms with E-state index >= 15 is 0 Å². The molecule has 0 radical (unpaired) electrons. The molecule has 0 aliphatic carbocycles. The third-order valence-corrected chi connectivity index (χ3v) is 8.25. The van der Waals surface area contributed by atoms with Crippen molar-refractivity contribution in [2.45, 2.75) is 25.3 Å². The third kappa shape index (κ3) is 3.35. The standard InChI is InChI=1S/C30H25N5O4/c36-26-22-18-30(27(37)32-29(39)35(28(30)38)16-13-19-8-2-1-3-9-19)24-21-11-5-4-10-20(21)14-17-34(24)25(22)31-23-12-6-7-15-33(23)26/h1-12,15,24H,13-14,16-18H2,(H,32,37,39)/t24-,30-/m1/s1. The van der Waals surface area contributed by atoms with E-state index in [2.05, 4.69) is 5.32 Å². The molecule has 194 valence electrons. The zero-order valence-electron chi connectivity index (χ0n) is 21.0. The molecule has 0 bridgehead atoms. The highest BCUT2D eigenvalue weighted by Crippen LogP contribution is 2.52. The summed E-state index contributed by atoms with van der Waals surface area (Å²) in [5.41, 5.74) is 1.61. The summed E-state index contributed by atoms with van der Waals surface area (Å²) in [6.45, 7) is 0.588. The summed E-state index contributed by atoms with van der Waals surface area (Å²) in [5.74, 6) is -0.768. The molecule has 5 heterocycles. The largest absolute Gasteiger partial charge is 0.347 e. The molecule has 2 aromatic heterocycles. The van der Waals surface area contributed by atoms with Gasteiger partial charge in [-0.2, -0.15) is 0 Å². The Kier molecular flexibility index (Phi) is 5.16. The molecule has 39 heavy (non-hydrogen) atoms. The number of benzene rings is 2. The van der Waals surface area contributed by atoms with Gasteiger partial charge in [0.1, 0.15) is 11.5 Å². The van der Waals surface area contributed by atoms with Crippen LogP contribution in [0.5, 0.6) is 0 Å². The van der Waals surface area contributed by atoms with Gasteiger partial charge in [0.15, 0.2) is 5.41 Å². The van der Waals surface area contributed by atoms with Crippen molar-refractivity contribution in [1.29, 1.82) is 0 Å². The SMILES string of the molecule is O=C1NC(=O)[C@]2(Cc3c(nc4ccccn4c3=O)N3CCc4ccccc4[C@@H]32)C(=O)N1CCc1ccccc1. The minimum absolute atomic E-state index is 0.111. The molecular weight excluding hydrogens is 494 g/mol. The minimum Gasteiger partial charge on any atom is -0.347 e. The number of nitrogens with zero attached hydrogens (tertiary/aromatic N) is 4. The molecule has 1 fully saturated rings. The van der Waals surface area contributed by atoms with Crippen LogP contribution in [0.3, 0.4) is 0 Å². The van der Waals surface area contributed by atoms with Gasteiger partial charge in [0.25, 0.3) is 5.56 Å². The van der Waals surface area contributed by atoms with Crippen LogP contribution in [-0.4, -0.2) is 45.2 Å². The van der Waals surface area contributed by atoms with Crippen LogP contribution in [0.4, 0.5) is 10.6 Å². The summed E-state index contributed by atoms with van der Waals surface area (Å²) in [5, 5.41) is 2.48. The molecule has 1 saturated heterocycles. The van der Waals surface area contributed by atoms with Crippen LogP contribution < -0.4 is 15.8 Å². The van der Waals surface area contributed by atoms with Gasteiger partial charge in [0.05, 0.1) is 11.6 Å². The number of hydrogen-bond acceptors (Lipinski definition) is 6. The molecule has 7 rings (SSSR count). The van der Waals surface area contributed by atoms with Crippen molar-refractivity contribution >= 4 is 29.3 Å². The molecule has 2 atom stereocenters. The van der Waals surface area contributed by atoms with Gasteiger partial charge >= 0.3 is 6.03 Å². The van der Waals surface area contributed by atoms with E-state index in [1.165, 1.54) is 4.40 Å². The van der Waals surface area contributed by atoms with Gasteiger partial charge in [0, 0.05) is 25.7 Å². The molecular formula is C30H25N5O4. The number of amides is 4. The second kappa shape index (κ2) is 8.62. The van der Waals surface area contributed by atoms with Crippen LogP contribution in [-0.2, 0) is 28.9 Å². The molecule has 9 heteroatoms. The summed E-state index contributed by atoms with van der Waals surface area (Å²) in [4.78, 5) is 63.1. The summed E-state index contributed by atoms with van der Waals surface area (Å²) in [6, 6.07) is 21.2. The maximum absolute atomic E-state index is 14.5. The van der Waals surface area contributed by atoms with Crippen molar-refractivity contribution in [3.63, 3.8) is 0 Å². The lowest BCUT2D eigenvalue weighted by Gasteiger charge is -2.53. The second-order valence-corrected chi connectivity index (χ2v) is 10.3. The summed E-state index contributed by atoms with van der Waals surface area (Å²) in [7, 11) is 0. The molecule has 1 spiro atoms. The number of anilines is 1. The van der Waals surface area contributed by atoms with Crippen LogP contribution in [0.15, 0.2) is 83.8 Å². The van der Waals surface area contributed by atoms with Crippen molar-refractivity contribution in [1.82, 2.24) is 19.6 Å². The van der Waals surface area contributed by atoms with Gasteiger partial charge in [-0.1, -0.05) is 60.7 Å². The van der Waals surface area contributed by atoms with Crippen LogP contribution in [0.2, 0.25) is 0 Å². The van der Waals surface area contributed by atoms with Gasteiger partial charge in [-0.05, 0) is 41.7 Å². The molecule has 4 aromatic rings. The summed E-state index contributed by atoms with van der Waals surface area (Å²) >= 11 is 0. The third-order valence-electron chi connectivity index (χ3n) is 8.25. The number of urea groups is 1. The highest BCUT2D eigenvalue weighted by Gasteiger charge is 2.64. The first-order valence-electron chi connectivity index (χ1n) is 13.0. The number of barbiturate groups is 1. The molecule has 0 unspecified atom stereocenters. The lowest BCUT2D eigenvalue weighted by atomic mass is 9.65. The molecule has 9 nitrogen and oxygen atoms in total. The lowest BCUT2D eigenvalue weighted by Crippen LogP contribution is -2.70. The Bertz CT molecular complexity index is 1730. The van der Waals surface area contributed by atoms with Crippen LogP contribution in [0.1, 0.15) is 28.3 Å². The maximum Gasteiger partial charge on any atom is 0.330 e. The number of aromatic nitrogens is 2. The van der Waals surface area contributed by atoms with Crippen molar-refractivity contribution in [2.75, 3.05) is 18.0 Å². The van der Waals surface area contributed by atoms with Gasteiger partial charge in [-0.25, -0.2) is 9.78 Å². The Morgan fingerprint density at radius 2 is 1.69 bits per heavy atom. The maximum atomic E-state index is 14.5. The Hall–Kier alpha value is -4.79. The van der Waals surface area contributed by atoms with E-state index in [4.69, 9.17) is 4.98 Å². The zero-order valence-corrected chi connectivity index (χ0v) is 21.0. The Morgan fingerprint density at radius 3 is 2.54 bits per heavy atom. The molecule has 2 aromatic carbocycles. The first-order chi connectivity index (χ1) is 19.0. The first kappa shape index (κ1) is 23.3. The topological polar surface area (TPSA) is 104 Å². The van der Waals surface area contributed by atoms with E-state index in [0.717, 1.165) is 21.6 Å².